The van der Waals surface area contributed by atoms with Gasteiger partial charge in [-0.2, -0.15) is 13.2 Å². The standard InChI is InChI=1S/C17H16F3NO2S/c18-17(19,20)13-5-2-1-4-12(13)16(22)21-8-7-15(24-11-9-21)14-6-3-10-23-14/h1-6,10,15H,7-9,11H2/t15-/m0/s1. The fourth-order valence-corrected chi connectivity index (χ4v) is 3.94. The van der Waals surface area contributed by atoms with Crippen LogP contribution in [0.1, 0.15) is 33.4 Å². The summed E-state index contributed by atoms with van der Waals surface area (Å²) in [6.07, 6.45) is -2.29. The number of amides is 1. The van der Waals surface area contributed by atoms with Crippen LogP contribution in [0, 0.1) is 0 Å². The summed E-state index contributed by atoms with van der Waals surface area (Å²) in [5, 5.41) is 0.121. The number of hydrogen-bond donors (Lipinski definition) is 0. The molecule has 0 unspecified atom stereocenters. The molecule has 0 N–H and O–H groups in total. The molecule has 0 bridgehead atoms. The molecule has 1 amide bonds. The van der Waals surface area contributed by atoms with Crippen molar-refractivity contribution in [2.75, 3.05) is 18.8 Å². The number of hydrogen-bond acceptors (Lipinski definition) is 3. The van der Waals surface area contributed by atoms with Gasteiger partial charge < -0.3 is 9.32 Å². The number of nitrogens with zero attached hydrogens (tertiary/aromatic N) is 1. The van der Waals surface area contributed by atoms with E-state index in [1.807, 2.05) is 12.1 Å². The summed E-state index contributed by atoms with van der Waals surface area (Å²) in [7, 11) is 0. The van der Waals surface area contributed by atoms with Gasteiger partial charge in [0.25, 0.3) is 5.91 Å². The minimum absolute atomic E-state index is 0.121. The number of halogens is 3. The van der Waals surface area contributed by atoms with Crippen LogP contribution in [0.3, 0.4) is 0 Å². The van der Waals surface area contributed by atoms with Crippen LogP contribution in [-0.4, -0.2) is 29.6 Å². The summed E-state index contributed by atoms with van der Waals surface area (Å²) >= 11 is 1.66. The van der Waals surface area contributed by atoms with E-state index in [1.165, 1.54) is 23.1 Å². The van der Waals surface area contributed by atoms with Gasteiger partial charge in [0.05, 0.1) is 22.6 Å². The van der Waals surface area contributed by atoms with Crippen molar-refractivity contribution in [2.24, 2.45) is 0 Å². The molecule has 0 aliphatic carbocycles. The molecule has 1 atom stereocenters. The molecule has 0 radical (unpaired) electrons. The second-order valence-electron chi connectivity index (χ2n) is 5.50. The summed E-state index contributed by atoms with van der Waals surface area (Å²) < 4.78 is 44.8. The predicted molar refractivity (Wildman–Crippen MR) is 85.9 cm³/mol. The van der Waals surface area contributed by atoms with Gasteiger partial charge in [-0.1, -0.05) is 12.1 Å². The second kappa shape index (κ2) is 6.93. The maximum Gasteiger partial charge on any atom is 0.417 e. The van der Waals surface area contributed by atoms with Crippen molar-refractivity contribution in [3.05, 3.63) is 59.5 Å². The number of carbonyl (C=O) groups excluding carboxylic acids is 1. The van der Waals surface area contributed by atoms with Crippen molar-refractivity contribution in [1.82, 2.24) is 4.90 Å². The molecule has 0 saturated carbocycles. The Kier molecular flexibility index (Phi) is 4.89. The Hall–Kier alpha value is -1.89. The summed E-state index contributed by atoms with van der Waals surface area (Å²) in [5.74, 6) is 0.930. The fourth-order valence-electron chi connectivity index (χ4n) is 2.76. The Balaban J connectivity index is 1.77. The van der Waals surface area contributed by atoms with E-state index in [4.69, 9.17) is 4.42 Å². The molecule has 1 aromatic heterocycles. The van der Waals surface area contributed by atoms with Gasteiger partial charge >= 0.3 is 6.18 Å². The molecule has 2 heterocycles. The third kappa shape index (κ3) is 3.61. The van der Waals surface area contributed by atoms with Gasteiger partial charge in [-0.15, -0.1) is 11.8 Å². The van der Waals surface area contributed by atoms with Gasteiger partial charge in [0.2, 0.25) is 0 Å². The first kappa shape index (κ1) is 17.0. The zero-order valence-corrected chi connectivity index (χ0v) is 13.6. The van der Waals surface area contributed by atoms with E-state index in [0.29, 0.717) is 25.3 Å². The summed E-state index contributed by atoms with van der Waals surface area (Å²) in [6.45, 7) is 0.830. The van der Waals surface area contributed by atoms with Crippen LogP contribution in [0.25, 0.3) is 0 Å². The van der Waals surface area contributed by atoms with Crippen LogP contribution in [0.5, 0.6) is 0 Å². The number of furan rings is 1. The van der Waals surface area contributed by atoms with E-state index in [0.717, 1.165) is 11.8 Å². The topological polar surface area (TPSA) is 33.5 Å². The van der Waals surface area contributed by atoms with E-state index >= 15 is 0 Å². The van der Waals surface area contributed by atoms with Gasteiger partial charge in [0, 0.05) is 18.8 Å². The average molecular weight is 355 g/mol. The van der Waals surface area contributed by atoms with Crippen LogP contribution in [-0.2, 0) is 6.18 Å². The summed E-state index contributed by atoms with van der Waals surface area (Å²) in [6, 6.07) is 8.64. The molecule has 1 fully saturated rings. The smallest absolute Gasteiger partial charge is 0.417 e. The molecular formula is C17H16F3NO2S. The number of thioether (sulfide) groups is 1. The summed E-state index contributed by atoms with van der Waals surface area (Å²) in [4.78, 5) is 14.1. The van der Waals surface area contributed by atoms with Gasteiger partial charge in [-0.3, -0.25) is 4.79 Å². The molecule has 1 aromatic carbocycles. The van der Waals surface area contributed by atoms with Gasteiger partial charge in [-0.05, 0) is 30.7 Å². The Bertz CT molecular complexity index is 700. The second-order valence-corrected chi connectivity index (χ2v) is 6.81. The quantitative estimate of drug-likeness (QED) is 0.788. The van der Waals surface area contributed by atoms with Crippen LogP contribution in [0.15, 0.2) is 47.1 Å². The zero-order valence-electron chi connectivity index (χ0n) is 12.8. The lowest BCUT2D eigenvalue weighted by molar-refractivity contribution is -0.138. The van der Waals surface area contributed by atoms with E-state index in [9.17, 15) is 18.0 Å². The Morgan fingerprint density at radius 3 is 2.67 bits per heavy atom. The number of alkyl halides is 3. The van der Waals surface area contributed by atoms with Gasteiger partial charge in [-0.25, -0.2) is 0 Å². The highest BCUT2D eigenvalue weighted by molar-refractivity contribution is 7.99. The molecule has 7 heteroatoms. The van der Waals surface area contributed by atoms with Crippen molar-refractivity contribution in [1.29, 1.82) is 0 Å². The average Bonchev–Trinajstić information content (AvgIpc) is 2.98. The highest BCUT2D eigenvalue weighted by atomic mass is 32.2. The van der Waals surface area contributed by atoms with E-state index in [-0.39, 0.29) is 10.8 Å². The molecule has 128 valence electrons. The minimum atomic E-state index is -4.54. The normalized spacial score (nSPS) is 19.1. The highest BCUT2D eigenvalue weighted by Crippen LogP contribution is 2.36. The number of carbonyl (C=O) groups is 1. The lowest BCUT2D eigenvalue weighted by Crippen LogP contribution is -2.34. The molecule has 3 nitrogen and oxygen atoms in total. The third-order valence-electron chi connectivity index (χ3n) is 3.95. The fraction of sp³-hybridized carbons (Fsp3) is 0.353. The molecule has 24 heavy (non-hydrogen) atoms. The van der Waals surface area contributed by atoms with Crippen molar-refractivity contribution in [3.63, 3.8) is 0 Å². The molecule has 3 rings (SSSR count). The Morgan fingerprint density at radius 1 is 1.17 bits per heavy atom. The van der Waals surface area contributed by atoms with E-state index in [1.54, 1.807) is 18.0 Å². The van der Waals surface area contributed by atoms with Crippen molar-refractivity contribution < 1.29 is 22.4 Å². The summed E-state index contributed by atoms with van der Waals surface area (Å²) in [5.41, 5.74) is -1.17. The molecule has 2 aromatic rings. The molecule has 0 spiro atoms. The van der Waals surface area contributed by atoms with Crippen molar-refractivity contribution >= 4 is 17.7 Å². The van der Waals surface area contributed by atoms with Crippen molar-refractivity contribution in [2.45, 2.75) is 17.8 Å². The first-order chi connectivity index (χ1) is 11.5. The monoisotopic (exact) mass is 355 g/mol. The molecule has 1 saturated heterocycles. The van der Waals surface area contributed by atoms with E-state index < -0.39 is 17.6 Å². The van der Waals surface area contributed by atoms with Crippen LogP contribution < -0.4 is 0 Å². The molecular weight excluding hydrogens is 339 g/mol. The van der Waals surface area contributed by atoms with Crippen LogP contribution >= 0.6 is 11.8 Å². The first-order valence-corrected chi connectivity index (χ1v) is 8.62. The maximum absolute atomic E-state index is 13.1. The Morgan fingerprint density at radius 2 is 1.96 bits per heavy atom. The lowest BCUT2D eigenvalue weighted by atomic mass is 10.1. The van der Waals surface area contributed by atoms with Gasteiger partial charge in [0.15, 0.2) is 0 Å². The van der Waals surface area contributed by atoms with Crippen molar-refractivity contribution in [3.8, 4) is 0 Å². The zero-order chi connectivity index (χ0) is 17.2. The number of benzene rings is 1. The minimum Gasteiger partial charge on any atom is -0.468 e. The van der Waals surface area contributed by atoms with E-state index in [2.05, 4.69) is 0 Å². The molecule has 1 aliphatic rings. The van der Waals surface area contributed by atoms with Gasteiger partial charge in [0.1, 0.15) is 5.76 Å². The molecule has 1 aliphatic heterocycles. The lowest BCUT2D eigenvalue weighted by Gasteiger charge is -2.22. The van der Waals surface area contributed by atoms with Crippen LogP contribution in [0.4, 0.5) is 13.2 Å². The maximum atomic E-state index is 13.1. The largest absolute Gasteiger partial charge is 0.468 e. The Labute approximate surface area is 141 Å². The predicted octanol–water partition coefficient (Wildman–Crippen LogP) is 4.62. The van der Waals surface area contributed by atoms with Crippen LogP contribution in [0.2, 0.25) is 0 Å². The first-order valence-electron chi connectivity index (χ1n) is 7.57. The highest BCUT2D eigenvalue weighted by Gasteiger charge is 2.36. The SMILES string of the molecule is O=C(c1ccccc1C(F)(F)F)N1CCS[C@H](c2ccco2)CC1. The number of rotatable bonds is 2. The third-order valence-corrected chi connectivity index (χ3v) is 5.24.